The highest BCUT2D eigenvalue weighted by Crippen LogP contribution is 1.87. The number of hydrogen-bond donors (Lipinski definition) is 2. The monoisotopic (exact) mass is 287 g/mol. The van der Waals surface area contributed by atoms with Crippen LogP contribution in [0.4, 0.5) is 4.39 Å². The number of amides is 1. The third-order valence-electron chi connectivity index (χ3n) is 2.24. The second kappa shape index (κ2) is 7.22. The number of nitrogens with zero attached hydrogens (tertiary/aromatic N) is 1. The molecular weight excluding hydrogens is 273 g/mol. The standard InChI is InChI=1S/C11H14FN3O5/c1-2-20-9(17)3-4-13-8(16)6-15-5-7(12)10(18)14-11(15)19/h5H,2-4,6H2,1H3,(H,13,16)(H,14,18,19). The van der Waals surface area contributed by atoms with Crippen LogP contribution in [0.25, 0.3) is 0 Å². The Labute approximate surface area is 112 Å². The van der Waals surface area contributed by atoms with Gasteiger partial charge in [-0.15, -0.1) is 0 Å². The van der Waals surface area contributed by atoms with Crippen LogP contribution in [0, 0.1) is 5.82 Å². The van der Waals surface area contributed by atoms with E-state index in [1.165, 1.54) is 0 Å². The zero-order chi connectivity index (χ0) is 15.1. The zero-order valence-electron chi connectivity index (χ0n) is 10.8. The first kappa shape index (κ1) is 15.6. The average molecular weight is 287 g/mol. The summed E-state index contributed by atoms with van der Waals surface area (Å²) in [7, 11) is 0. The van der Waals surface area contributed by atoms with Crippen LogP contribution in [-0.2, 0) is 20.9 Å². The van der Waals surface area contributed by atoms with Crippen LogP contribution < -0.4 is 16.6 Å². The van der Waals surface area contributed by atoms with Crippen LogP contribution in [0.2, 0.25) is 0 Å². The molecule has 0 spiro atoms. The Morgan fingerprint density at radius 1 is 1.45 bits per heavy atom. The summed E-state index contributed by atoms with van der Waals surface area (Å²) >= 11 is 0. The minimum absolute atomic E-state index is 0.00549. The van der Waals surface area contributed by atoms with Crippen molar-refractivity contribution in [2.45, 2.75) is 19.9 Å². The van der Waals surface area contributed by atoms with E-state index in [0.717, 1.165) is 4.57 Å². The fourth-order valence-corrected chi connectivity index (χ4v) is 1.35. The first-order valence-electron chi connectivity index (χ1n) is 5.85. The van der Waals surface area contributed by atoms with Gasteiger partial charge in [-0.1, -0.05) is 0 Å². The van der Waals surface area contributed by atoms with Gasteiger partial charge in [-0.25, -0.2) is 4.79 Å². The quantitative estimate of drug-likeness (QED) is 0.635. The van der Waals surface area contributed by atoms with Crippen molar-refractivity contribution in [3.8, 4) is 0 Å². The minimum Gasteiger partial charge on any atom is -0.466 e. The molecule has 0 bridgehead atoms. The zero-order valence-corrected chi connectivity index (χ0v) is 10.8. The number of aromatic amines is 1. The first-order chi connectivity index (χ1) is 9.43. The number of hydrogen-bond acceptors (Lipinski definition) is 5. The molecule has 1 aromatic rings. The van der Waals surface area contributed by atoms with Crippen molar-refractivity contribution in [2.75, 3.05) is 13.2 Å². The molecule has 9 heteroatoms. The molecule has 0 unspecified atom stereocenters. The number of nitrogens with one attached hydrogen (secondary N) is 2. The molecule has 0 aromatic carbocycles. The van der Waals surface area contributed by atoms with E-state index >= 15 is 0 Å². The normalized spacial score (nSPS) is 10.1. The van der Waals surface area contributed by atoms with Crippen LogP contribution in [0.15, 0.2) is 15.8 Å². The van der Waals surface area contributed by atoms with Crippen molar-refractivity contribution in [1.29, 1.82) is 0 Å². The highest BCUT2D eigenvalue weighted by Gasteiger charge is 2.09. The van der Waals surface area contributed by atoms with Gasteiger partial charge in [0.2, 0.25) is 11.7 Å². The molecule has 8 nitrogen and oxygen atoms in total. The maximum absolute atomic E-state index is 13.0. The minimum atomic E-state index is -1.16. The van der Waals surface area contributed by atoms with Crippen molar-refractivity contribution < 1.29 is 18.7 Å². The highest BCUT2D eigenvalue weighted by molar-refractivity contribution is 5.76. The molecule has 1 rings (SSSR count). The molecule has 0 aliphatic rings. The summed E-state index contributed by atoms with van der Waals surface area (Å²) in [5, 5.41) is 2.37. The van der Waals surface area contributed by atoms with E-state index in [2.05, 4.69) is 10.1 Å². The Balaban J connectivity index is 2.51. The summed E-state index contributed by atoms with van der Waals surface area (Å²) in [6.07, 6.45) is 0.639. The lowest BCUT2D eigenvalue weighted by molar-refractivity contribution is -0.143. The molecule has 0 saturated carbocycles. The Kier molecular flexibility index (Phi) is 5.63. The van der Waals surface area contributed by atoms with Crippen molar-refractivity contribution in [1.82, 2.24) is 14.9 Å². The van der Waals surface area contributed by atoms with Crippen molar-refractivity contribution in [3.63, 3.8) is 0 Å². The van der Waals surface area contributed by atoms with Gasteiger partial charge in [0, 0.05) is 6.54 Å². The highest BCUT2D eigenvalue weighted by atomic mass is 19.1. The van der Waals surface area contributed by atoms with Crippen molar-refractivity contribution in [3.05, 3.63) is 32.9 Å². The van der Waals surface area contributed by atoms with Gasteiger partial charge >= 0.3 is 11.7 Å². The predicted octanol–water partition coefficient (Wildman–Crippen LogP) is -1.25. The molecule has 1 amide bonds. The van der Waals surface area contributed by atoms with Crippen LogP contribution in [0.5, 0.6) is 0 Å². The van der Waals surface area contributed by atoms with Crippen LogP contribution in [0.3, 0.4) is 0 Å². The summed E-state index contributed by atoms with van der Waals surface area (Å²) in [5.74, 6) is -2.22. The van der Waals surface area contributed by atoms with Crippen molar-refractivity contribution >= 4 is 11.9 Å². The average Bonchev–Trinajstić information content (AvgIpc) is 2.36. The Morgan fingerprint density at radius 3 is 2.80 bits per heavy atom. The van der Waals surface area contributed by atoms with E-state index in [1.807, 2.05) is 0 Å². The Hall–Kier alpha value is -2.45. The fourth-order valence-electron chi connectivity index (χ4n) is 1.35. The lowest BCUT2D eigenvalue weighted by Gasteiger charge is -2.06. The van der Waals surface area contributed by atoms with Gasteiger partial charge in [0.15, 0.2) is 0 Å². The second-order valence-corrected chi connectivity index (χ2v) is 3.77. The van der Waals surface area contributed by atoms with E-state index in [9.17, 15) is 23.6 Å². The van der Waals surface area contributed by atoms with Crippen LogP contribution >= 0.6 is 0 Å². The number of H-pyrrole nitrogens is 1. The number of carbonyl (C=O) groups is 2. The molecule has 110 valence electrons. The van der Waals surface area contributed by atoms with E-state index in [1.54, 1.807) is 11.9 Å². The Bertz CT molecular complexity index is 607. The van der Waals surface area contributed by atoms with E-state index in [0.29, 0.717) is 6.20 Å². The van der Waals surface area contributed by atoms with E-state index in [4.69, 9.17) is 0 Å². The largest absolute Gasteiger partial charge is 0.466 e. The number of halogens is 1. The van der Waals surface area contributed by atoms with Crippen LogP contribution in [0.1, 0.15) is 13.3 Å². The molecule has 0 radical (unpaired) electrons. The van der Waals surface area contributed by atoms with E-state index < -0.39 is 35.5 Å². The van der Waals surface area contributed by atoms with Gasteiger partial charge in [-0.05, 0) is 6.92 Å². The molecule has 1 heterocycles. The molecule has 0 aliphatic carbocycles. The molecular formula is C11H14FN3O5. The van der Waals surface area contributed by atoms with Crippen LogP contribution in [-0.4, -0.2) is 34.6 Å². The summed E-state index contributed by atoms with van der Waals surface area (Å²) in [4.78, 5) is 46.3. The summed E-state index contributed by atoms with van der Waals surface area (Å²) in [6.45, 7) is 1.49. The van der Waals surface area contributed by atoms with Gasteiger partial charge in [-0.3, -0.25) is 23.9 Å². The fraction of sp³-hybridized carbons (Fsp3) is 0.455. The van der Waals surface area contributed by atoms with Gasteiger partial charge < -0.3 is 10.1 Å². The number of ether oxygens (including phenoxy) is 1. The van der Waals surface area contributed by atoms with Gasteiger partial charge in [0.05, 0.1) is 19.2 Å². The molecule has 0 saturated heterocycles. The molecule has 0 fully saturated rings. The van der Waals surface area contributed by atoms with Gasteiger partial charge in [-0.2, -0.15) is 4.39 Å². The lowest BCUT2D eigenvalue weighted by atomic mass is 10.4. The van der Waals surface area contributed by atoms with E-state index in [-0.39, 0.29) is 19.6 Å². The predicted molar refractivity (Wildman–Crippen MR) is 65.5 cm³/mol. The molecule has 0 aliphatic heterocycles. The van der Waals surface area contributed by atoms with Gasteiger partial charge in [0.25, 0.3) is 5.56 Å². The summed E-state index contributed by atoms with van der Waals surface area (Å²) < 4.78 is 18.3. The lowest BCUT2D eigenvalue weighted by Crippen LogP contribution is -2.37. The molecule has 0 atom stereocenters. The maximum atomic E-state index is 13.0. The molecule has 1 aromatic heterocycles. The first-order valence-corrected chi connectivity index (χ1v) is 5.85. The number of esters is 1. The topological polar surface area (TPSA) is 110 Å². The maximum Gasteiger partial charge on any atom is 0.328 e. The number of carbonyl (C=O) groups excluding carboxylic acids is 2. The third kappa shape index (κ3) is 4.67. The van der Waals surface area contributed by atoms with Gasteiger partial charge in [0.1, 0.15) is 6.54 Å². The molecule has 2 N–H and O–H groups in total. The third-order valence-corrected chi connectivity index (χ3v) is 2.24. The summed E-state index contributed by atoms with van der Waals surface area (Å²) in [6, 6.07) is 0. The molecule has 20 heavy (non-hydrogen) atoms. The smallest absolute Gasteiger partial charge is 0.328 e. The van der Waals surface area contributed by atoms with Crippen molar-refractivity contribution in [2.24, 2.45) is 0 Å². The number of rotatable bonds is 6. The number of aromatic nitrogens is 2. The summed E-state index contributed by atoms with van der Waals surface area (Å²) in [5.41, 5.74) is -2.04. The SMILES string of the molecule is CCOC(=O)CCNC(=O)Cn1cc(F)c(=O)[nH]c1=O. The second-order valence-electron chi connectivity index (χ2n) is 3.77. The Morgan fingerprint density at radius 2 is 2.15 bits per heavy atom.